The molecule has 1 aliphatic rings. The van der Waals surface area contributed by atoms with E-state index in [2.05, 4.69) is 10.6 Å². The van der Waals surface area contributed by atoms with E-state index in [1.807, 2.05) is 60.7 Å². The Morgan fingerprint density at radius 3 is 1.40 bits per heavy atom. The van der Waals surface area contributed by atoms with E-state index in [-0.39, 0.29) is 54.3 Å². The number of rotatable bonds is 8. The lowest BCUT2D eigenvalue weighted by atomic mass is 9.96. The molecular weight excluding hydrogens is 536 g/mol. The van der Waals surface area contributed by atoms with E-state index < -0.39 is 24.4 Å². The normalized spacial score (nSPS) is 15.5. The van der Waals surface area contributed by atoms with Gasteiger partial charge in [-0.2, -0.15) is 0 Å². The van der Waals surface area contributed by atoms with E-state index in [1.54, 1.807) is 36.4 Å². The van der Waals surface area contributed by atoms with Crippen molar-refractivity contribution in [1.82, 2.24) is 10.6 Å². The minimum absolute atomic E-state index is 0.0983. The van der Waals surface area contributed by atoms with E-state index >= 15 is 0 Å². The highest BCUT2D eigenvalue weighted by Gasteiger charge is 2.33. The summed E-state index contributed by atoms with van der Waals surface area (Å²) >= 11 is 0. The van der Waals surface area contributed by atoms with Crippen LogP contribution in [0.15, 0.2) is 97.1 Å². The summed E-state index contributed by atoms with van der Waals surface area (Å²) in [6.07, 6.45) is -4.01. The van der Waals surface area contributed by atoms with Gasteiger partial charge in [-0.05, 0) is 33.4 Å². The fourth-order valence-electron chi connectivity index (χ4n) is 4.73. The van der Waals surface area contributed by atoms with E-state index in [4.69, 9.17) is 9.47 Å². The number of ketones is 1. The van der Waals surface area contributed by atoms with Crippen molar-refractivity contribution in [2.24, 2.45) is 0 Å². The Morgan fingerprint density at radius 1 is 0.595 bits per heavy atom. The lowest BCUT2D eigenvalue weighted by Crippen LogP contribution is -2.24. The number of nitrogens with one attached hydrogen (secondary N) is 2. The standard InChI is InChI=1S/C33H30N2O7/c36-29-25-13-11-23(17-34-32(39)41-19-21-7-3-1-4-8-21)15-27(25)30(37)31(38)28-16-24(12-14-26(28)29)18-35-33(40)42-20-22-9-5-2-6-10-22/h1-16,30-31,37-38H,17-20H2,(H,34,39)(H,35,40)/t30-,31+. The second kappa shape index (κ2) is 13.1. The van der Waals surface area contributed by atoms with Crippen LogP contribution in [0.1, 0.15) is 61.5 Å². The Hall–Kier alpha value is -4.99. The van der Waals surface area contributed by atoms with Gasteiger partial charge in [0, 0.05) is 24.2 Å². The minimum Gasteiger partial charge on any atom is -0.445 e. The topological polar surface area (TPSA) is 134 Å². The predicted octanol–water partition coefficient (Wildman–Crippen LogP) is 4.85. The molecule has 42 heavy (non-hydrogen) atoms. The van der Waals surface area contributed by atoms with Crippen molar-refractivity contribution < 1.29 is 34.1 Å². The van der Waals surface area contributed by atoms with Gasteiger partial charge in [-0.1, -0.05) is 97.1 Å². The maximum absolute atomic E-state index is 13.4. The number of carbonyl (C=O) groups excluding carboxylic acids is 3. The van der Waals surface area contributed by atoms with Crippen molar-refractivity contribution >= 4 is 18.0 Å². The molecular formula is C33H30N2O7. The number of hydrogen-bond donors (Lipinski definition) is 4. The molecule has 4 aromatic rings. The van der Waals surface area contributed by atoms with Gasteiger partial charge in [-0.25, -0.2) is 9.59 Å². The Morgan fingerprint density at radius 2 is 1.00 bits per heavy atom. The van der Waals surface area contributed by atoms with Gasteiger partial charge in [0.15, 0.2) is 5.78 Å². The largest absolute Gasteiger partial charge is 0.445 e. The molecule has 0 fully saturated rings. The quantitative estimate of drug-likeness (QED) is 0.240. The molecule has 9 heteroatoms. The summed E-state index contributed by atoms with van der Waals surface area (Å²) in [5.74, 6) is -0.348. The first-order valence-corrected chi connectivity index (χ1v) is 13.4. The van der Waals surface area contributed by atoms with Crippen molar-refractivity contribution in [3.63, 3.8) is 0 Å². The molecule has 5 rings (SSSR count). The van der Waals surface area contributed by atoms with Gasteiger partial charge >= 0.3 is 12.2 Å². The van der Waals surface area contributed by atoms with E-state index in [0.29, 0.717) is 11.1 Å². The van der Waals surface area contributed by atoms with E-state index in [0.717, 1.165) is 11.1 Å². The van der Waals surface area contributed by atoms with Crippen molar-refractivity contribution in [3.8, 4) is 0 Å². The van der Waals surface area contributed by atoms with Crippen LogP contribution in [0.5, 0.6) is 0 Å². The van der Waals surface area contributed by atoms with E-state index in [9.17, 15) is 24.6 Å². The molecule has 0 aromatic heterocycles. The summed E-state index contributed by atoms with van der Waals surface area (Å²) < 4.78 is 10.5. The van der Waals surface area contributed by atoms with Crippen LogP contribution in [0.2, 0.25) is 0 Å². The van der Waals surface area contributed by atoms with Crippen molar-refractivity contribution in [2.45, 2.75) is 38.5 Å². The molecule has 0 bridgehead atoms. The van der Waals surface area contributed by atoms with Crippen LogP contribution in [0, 0.1) is 0 Å². The number of alkyl carbamates (subject to hydrolysis) is 2. The van der Waals surface area contributed by atoms with Gasteiger partial charge in [0.25, 0.3) is 0 Å². The molecule has 1 aliphatic carbocycles. The first-order valence-electron chi connectivity index (χ1n) is 13.4. The zero-order valence-corrected chi connectivity index (χ0v) is 22.7. The minimum atomic E-state index is -1.39. The molecule has 4 aromatic carbocycles. The molecule has 0 saturated carbocycles. The van der Waals surface area contributed by atoms with Gasteiger partial charge in [0.2, 0.25) is 0 Å². The highest BCUT2D eigenvalue weighted by atomic mass is 16.6. The van der Waals surface area contributed by atoms with E-state index in [1.165, 1.54) is 0 Å². The van der Waals surface area contributed by atoms with Crippen LogP contribution >= 0.6 is 0 Å². The molecule has 2 atom stereocenters. The maximum atomic E-state index is 13.4. The Labute approximate surface area is 242 Å². The Kier molecular flexibility index (Phi) is 8.91. The van der Waals surface area contributed by atoms with Crippen LogP contribution in [-0.2, 0) is 35.8 Å². The number of fused-ring (bicyclic) bond motifs is 2. The van der Waals surface area contributed by atoms with Crippen molar-refractivity contribution in [3.05, 3.63) is 142 Å². The highest BCUT2D eigenvalue weighted by Crippen LogP contribution is 2.38. The highest BCUT2D eigenvalue weighted by molar-refractivity contribution is 6.11. The monoisotopic (exact) mass is 566 g/mol. The van der Waals surface area contributed by atoms with Gasteiger partial charge in [-0.15, -0.1) is 0 Å². The molecule has 0 unspecified atom stereocenters. The Bertz CT molecular complexity index is 1460. The molecule has 2 amide bonds. The summed E-state index contributed by atoms with van der Waals surface area (Å²) in [6.45, 7) is 0.448. The first-order chi connectivity index (χ1) is 20.4. The summed E-state index contributed by atoms with van der Waals surface area (Å²) in [5.41, 5.74) is 3.97. The van der Waals surface area contributed by atoms with Crippen molar-refractivity contribution in [1.29, 1.82) is 0 Å². The number of amides is 2. The molecule has 0 aliphatic heterocycles. The zero-order chi connectivity index (χ0) is 29.5. The molecule has 0 saturated heterocycles. The smallest absolute Gasteiger partial charge is 0.407 e. The van der Waals surface area contributed by atoms with Crippen LogP contribution < -0.4 is 10.6 Å². The lowest BCUT2D eigenvalue weighted by molar-refractivity contribution is 0.0176. The summed E-state index contributed by atoms with van der Waals surface area (Å²) in [4.78, 5) is 37.7. The average molecular weight is 567 g/mol. The van der Waals surface area contributed by atoms with Crippen LogP contribution in [0.25, 0.3) is 0 Å². The van der Waals surface area contributed by atoms with Gasteiger partial charge in [0.1, 0.15) is 25.4 Å². The number of aliphatic hydroxyl groups excluding tert-OH is 2. The SMILES string of the molecule is O=C(NCc1ccc2c(c1)[C@@H](O)[C@@H](O)c1cc(CNC(=O)OCc3ccccc3)ccc1C2=O)OCc1ccccc1. The molecule has 0 spiro atoms. The number of carbonyl (C=O) groups is 3. The predicted molar refractivity (Wildman–Crippen MR) is 153 cm³/mol. The van der Waals surface area contributed by atoms with Crippen LogP contribution in [-0.4, -0.2) is 28.2 Å². The summed E-state index contributed by atoms with van der Waals surface area (Å²) in [5, 5.41) is 27.5. The number of ether oxygens (including phenoxy) is 2. The summed E-state index contributed by atoms with van der Waals surface area (Å²) in [7, 11) is 0. The molecule has 9 nitrogen and oxygen atoms in total. The third-order valence-electron chi connectivity index (χ3n) is 6.96. The third-order valence-corrected chi connectivity index (χ3v) is 6.96. The number of hydrogen-bond acceptors (Lipinski definition) is 7. The Balaban J connectivity index is 1.22. The average Bonchev–Trinajstić information content (AvgIpc) is 3.10. The summed E-state index contributed by atoms with van der Waals surface area (Å²) in [6, 6.07) is 28.3. The van der Waals surface area contributed by atoms with Gasteiger partial charge in [0.05, 0.1) is 0 Å². The zero-order valence-electron chi connectivity index (χ0n) is 22.7. The fraction of sp³-hybridized carbons (Fsp3) is 0.182. The second-order valence-electron chi connectivity index (χ2n) is 9.89. The maximum Gasteiger partial charge on any atom is 0.407 e. The third kappa shape index (κ3) is 6.83. The molecule has 4 N–H and O–H groups in total. The van der Waals surface area contributed by atoms with Gasteiger partial charge in [-0.3, -0.25) is 4.79 Å². The molecule has 0 radical (unpaired) electrons. The number of aliphatic hydroxyl groups is 2. The fourth-order valence-corrected chi connectivity index (χ4v) is 4.73. The van der Waals surface area contributed by atoms with Crippen LogP contribution in [0.3, 0.4) is 0 Å². The van der Waals surface area contributed by atoms with Crippen molar-refractivity contribution in [2.75, 3.05) is 0 Å². The number of benzene rings is 4. The molecule has 214 valence electrons. The lowest BCUT2D eigenvalue weighted by Gasteiger charge is -2.19. The molecule has 0 heterocycles. The second-order valence-corrected chi connectivity index (χ2v) is 9.89. The van der Waals surface area contributed by atoms with Gasteiger partial charge < -0.3 is 30.3 Å². The first kappa shape index (κ1) is 28.5. The van der Waals surface area contributed by atoms with Crippen LogP contribution in [0.4, 0.5) is 9.59 Å².